The topological polar surface area (TPSA) is 123 Å². The lowest BCUT2D eigenvalue weighted by atomic mass is 10.2. The molecule has 2 rings (SSSR count). The first-order chi connectivity index (χ1) is 12.8. The van der Waals surface area contributed by atoms with E-state index in [2.05, 4.69) is 42.4 Å². The van der Waals surface area contributed by atoms with E-state index in [1.54, 1.807) is 12.1 Å². The fourth-order valence-electron chi connectivity index (χ4n) is 1.96. The highest BCUT2D eigenvalue weighted by molar-refractivity contribution is 9.13. The van der Waals surface area contributed by atoms with Crippen molar-refractivity contribution >= 4 is 49.7 Å². The lowest BCUT2D eigenvalue weighted by Crippen LogP contribution is -2.24. The predicted octanol–water partition coefficient (Wildman–Crippen LogP) is 3.36. The van der Waals surface area contributed by atoms with Gasteiger partial charge in [-0.25, -0.2) is 5.43 Å². The van der Waals surface area contributed by atoms with Crippen LogP contribution >= 0.6 is 31.9 Å². The van der Waals surface area contributed by atoms with Gasteiger partial charge >= 0.3 is 5.69 Å². The van der Waals surface area contributed by atoms with E-state index in [0.717, 1.165) is 0 Å². The molecule has 0 saturated carbocycles. The van der Waals surface area contributed by atoms with Gasteiger partial charge in [-0.2, -0.15) is 5.10 Å². The first-order valence-electron chi connectivity index (χ1n) is 7.28. The monoisotopic (exact) mass is 501 g/mol. The minimum absolute atomic E-state index is 0.0289. The number of hydrazone groups is 1. The Bertz CT molecular complexity index is 904. The van der Waals surface area contributed by atoms with Gasteiger partial charge in [-0.1, -0.05) is 12.1 Å². The molecule has 0 radical (unpaired) electrons. The molecule has 0 aromatic heterocycles. The Morgan fingerprint density at radius 1 is 1.37 bits per heavy atom. The Morgan fingerprint density at radius 2 is 2.07 bits per heavy atom. The third-order valence-corrected chi connectivity index (χ3v) is 5.23. The summed E-state index contributed by atoms with van der Waals surface area (Å²) in [6, 6.07) is 7.27. The van der Waals surface area contributed by atoms with Crippen LogP contribution in [0, 0.1) is 10.1 Å². The van der Waals surface area contributed by atoms with Crippen LogP contribution in [-0.2, 0) is 4.79 Å². The number of phenols is 1. The van der Waals surface area contributed by atoms with Crippen molar-refractivity contribution in [3.8, 4) is 17.2 Å². The molecule has 0 spiro atoms. The van der Waals surface area contributed by atoms with E-state index in [1.807, 2.05) is 0 Å². The van der Waals surface area contributed by atoms with E-state index >= 15 is 0 Å². The van der Waals surface area contributed by atoms with Gasteiger partial charge in [0.2, 0.25) is 0 Å². The SMILES string of the molecule is COc1cc(Br)c(Br)c(C=NNC(=O)COc2ccccc2[N+](=O)[O-])c1O. The van der Waals surface area contributed by atoms with Gasteiger partial charge < -0.3 is 14.6 Å². The minimum atomic E-state index is -0.637. The number of hydrogen-bond donors (Lipinski definition) is 2. The van der Waals surface area contributed by atoms with Crippen LogP contribution in [0.25, 0.3) is 0 Å². The molecule has 142 valence electrons. The molecule has 1 amide bonds. The van der Waals surface area contributed by atoms with Crippen LogP contribution in [-0.4, -0.2) is 35.9 Å². The molecule has 0 bridgehead atoms. The first kappa shape index (κ1) is 20.6. The lowest BCUT2D eigenvalue weighted by Gasteiger charge is -2.09. The van der Waals surface area contributed by atoms with Crippen LogP contribution in [0.1, 0.15) is 5.56 Å². The third kappa shape index (κ3) is 5.17. The minimum Gasteiger partial charge on any atom is -0.504 e. The zero-order chi connectivity index (χ0) is 20.0. The summed E-state index contributed by atoms with van der Waals surface area (Å²) < 4.78 is 11.3. The van der Waals surface area contributed by atoms with Crippen molar-refractivity contribution in [3.63, 3.8) is 0 Å². The fourth-order valence-corrected chi connectivity index (χ4v) is 2.79. The Balaban J connectivity index is 2.03. The number of nitrogens with one attached hydrogen (secondary N) is 1. The number of nitro benzene ring substituents is 1. The number of carbonyl (C=O) groups excluding carboxylic acids is 1. The van der Waals surface area contributed by atoms with Crippen LogP contribution in [0.15, 0.2) is 44.4 Å². The molecular formula is C16H13Br2N3O6. The third-order valence-electron chi connectivity index (χ3n) is 3.22. The zero-order valence-electron chi connectivity index (χ0n) is 13.8. The second kappa shape index (κ2) is 9.33. The highest BCUT2D eigenvalue weighted by Gasteiger charge is 2.16. The Hall–Kier alpha value is -2.66. The Morgan fingerprint density at radius 3 is 2.74 bits per heavy atom. The smallest absolute Gasteiger partial charge is 0.310 e. The number of rotatable bonds is 7. The number of amides is 1. The lowest BCUT2D eigenvalue weighted by molar-refractivity contribution is -0.385. The standard InChI is InChI=1S/C16H13Br2N3O6/c1-26-13-6-10(17)15(18)9(16(13)23)7-19-20-14(22)8-27-12-5-3-2-4-11(12)21(24)25/h2-7,23H,8H2,1H3,(H,20,22). The molecule has 27 heavy (non-hydrogen) atoms. The van der Waals surface area contributed by atoms with Crippen LogP contribution in [0.2, 0.25) is 0 Å². The molecule has 0 unspecified atom stereocenters. The average Bonchev–Trinajstić information content (AvgIpc) is 2.65. The highest BCUT2D eigenvalue weighted by Crippen LogP contribution is 2.39. The molecule has 0 heterocycles. The van der Waals surface area contributed by atoms with E-state index in [-0.39, 0.29) is 28.5 Å². The van der Waals surface area contributed by atoms with Crippen LogP contribution in [0.5, 0.6) is 17.2 Å². The van der Waals surface area contributed by atoms with Gasteiger partial charge in [0.05, 0.1) is 23.8 Å². The van der Waals surface area contributed by atoms with E-state index in [1.165, 1.54) is 31.5 Å². The van der Waals surface area contributed by atoms with Gasteiger partial charge in [-0.3, -0.25) is 14.9 Å². The molecule has 0 aliphatic rings. The summed E-state index contributed by atoms with van der Waals surface area (Å²) in [6.07, 6.45) is 1.22. The highest BCUT2D eigenvalue weighted by atomic mass is 79.9. The molecule has 2 aromatic carbocycles. The molecule has 2 N–H and O–H groups in total. The molecule has 9 nitrogen and oxygen atoms in total. The van der Waals surface area contributed by atoms with Crippen molar-refractivity contribution in [2.45, 2.75) is 0 Å². The van der Waals surface area contributed by atoms with Crippen molar-refractivity contribution < 1.29 is 24.3 Å². The predicted molar refractivity (Wildman–Crippen MR) is 104 cm³/mol. The molecule has 0 aliphatic heterocycles. The summed E-state index contributed by atoms with van der Waals surface area (Å²) in [5.41, 5.74) is 2.24. The summed E-state index contributed by atoms with van der Waals surface area (Å²) in [7, 11) is 1.40. The van der Waals surface area contributed by atoms with Gasteiger partial charge in [-0.05, 0) is 44.0 Å². The zero-order valence-corrected chi connectivity index (χ0v) is 17.0. The van der Waals surface area contributed by atoms with Gasteiger partial charge in [-0.15, -0.1) is 0 Å². The molecule has 0 atom stereocenters. The van der Waals surface area contributed by atoms with E-state index in [9.17, 15) is 20.0 Å². The normalized spacial score (nSPS) is 10.6. The quantitative estimate of drug-likeness (QED) is 0.340. The first-order valence-corrected chi connectivity index (χ1v) is 8.86. The molecule has 0 saturated heterocycles. The van der Waals surface area contributed by atoms with Crippen LogP contribution in [0.4, 0.5) is 5.69 Å². The van der Waals surface area contributed by atoms with Gasteiger partial charge in [0.1, 0.15) is 0 Å². The number of hydrogen-bond acceptors (Lipinski definition) is 7. The number of methoxy groups -OCH3 is 1. The number of phenolic OH excluding ortho intramolecular Hbond substituents is 1. The number of carbonyl (C=O) groups is 1. The van der Waals surface area contributed by atoms with Gasteiger partial charge in [0.25, 0.3) is 5.91 Å². The molecule has 2 aromatic rings. The number of nitrogens with zero attached hydrogens (tertiary/aromatic N) is 2. The second-order valence-corrected chi connectivity index (χ2v) is 6.59. The summed E-state index contributed by atoms with van der Waals surface area (Å²) in [4.78, 5) is 22.1. The molecule has 0 aliphatic carbocycles. The maximum absolute atomic E-state index is 11.8. The maximum Gasteiger partial charge on any atom is 0.310 e. The summed E-state index contributed by atoms with van der Waals surface area (Å²) in [5, 5.41) is 24.8. The average molecular weight is 503 g/mol. The van der Waals surface area contributed by atoms with E-state index in [0.29, 0.717) is 8.95 Å². The second-order valence-electron chi connectivity index (χ2n) is 4.94. The van der Waals surface area contributed by atoms with E-state index < -0.39 is 17.4 Å². The van der Waals surface area contributed by atoms with Crippen molar-refractivity contribution in [2.24, 2.45) is 5.10 Å². The number of ether oxygens (including phenoxy) is 2. The summed E-state index contributed by atoms with van der Waals surface area (Å²) in [6.45, 7) is -0.475. The van der Waals surface area contributed by atoms with Crippen LogP contribution < -0.4 is 14.9 Å². The van der Waals surface area contributed by atoms with Gasteiger partial charge in [0, 0.05) is 15.0 Å². The number of halogens is 2. The number of nitro groups is 1. The maximum atomic E-state index is 11.8. The van der Waals surface area contributed by atoms with Crippen molar-refractivity contribution in [3.05, 3.63) is 55.0 Å². The number of aromatic hydroxyl groups is 1. The van der Waals surface area contributed by atoms with E-state index in [4.69, 9.17) is 9.47 Å². The Labute approximate surface area is 170 Å². The van der Waals surface area contributed by atoms with Crippen LogP contribution in [0.3, 0.4) is 0 Å². The summed E-state index contributed by atoms with van der Waals surface area (Å²) in [5.74, 6) is -0.611. The molecule has 11 heteroatoms. The number of para-hydroxylation sites is 2. The summed E-state index contributed by atoms with van der Waals surface area (Å²) >= 11 is 6.59. The Kier molecular flexibility index (Phi) is 7.13. The fraction of sp³-hybridized carbons (Fsp3) is 0.125. The van der Waals surface area contributed by atoms with Crippen molar-refractivity contribution in [1.82, 2.24) is 5.43 Å². The molecule has 0 fully saturated rings. The number of benzene rings is 2. The van der Waals surface area contributed by atoms with Crippen molar-refractivity contribution in [2.75, 3.05) is 13.7 Å². The largest absolute Gasteiger partial charge is 0.504 e. The van der Waals surface area contributed by atoms with Crippen molar-refractivity contribution in [1.29, 1.82) is 0 Å². The molecular weight excluding hydrogens is 490 g/mol. The van der Waals surface area contributed by atoms with Gasteiger partial charge in [0.15, 0.2) is 23.9 Å².